The first kappa shape index (κ1) is 13.1. The van der Waals surface area contributed by atoms with Gasteiger partial charge >= 0.3 is 0 Å². The molecule has 98 valence electrons. The lowest BCUT2D eigenvalue weighted by atomic mass is 10.0. The van der Waals surface area contributed by atoms with E-state index in [0.29, 0.717) is 5.75 Å². The maximum Gasteiger partial charge on any atom is 0.169 e. The van der Waals surface area contributed by atoms with Crippen LogP contribution in [0.4, 0.5) is 10.1 Å². The number of carbonyl (C=O) groups is 1. The number of anilines is 1. The number of methoxy groups -OCH3 is 1. The van der Waals surface area contributed by atoms with Crippen LogP contribution in [0.15, 0.2) is 42.5 Å². The number of Topliss-reactive ketones (excluding diaryl/α,β-unsaturated/α-hetero) is 1. The third kappa shape index (κ3) is 3.10. The number of rotatable bonds is 4. The largest absolute Gasteiger partial charge is 0.497 e. The molecular weight excluding hydrogens is 245 g/mol. The van der Waals surface area contributed by atoms with Crippen molar-refractivity contribution in [2.24, 2.45) is 0 Å². The number of ketones is 1. The number of hydrogen-bond donors (Lipinski definition) is 1. The molecule has 0 aliphatic heterocycles. The van der Waals surface area contributed by atoms with Gasteiger partial charge in [0.1, 0.15) is 11.6 Å². The number of carbonyl (C=O) groups excluding carboxylic acids is 1. The Hall–Kier alpha value is -2.36. The van der Waals surface area contributed by atoms with E-state index in [-0.39, 0.29) is 23.5 Å². The van der Waals surface area contributed by atoms with Crippen molar-refractivity contribution in [3.05, 3.63) is 59.4 Å². The standard InChI is InChI=1S/C15H14FNO2/c1-19-12-4-2-3-10(7-12)8-15(18)13-9-11(16)5-6-14(13)17/h2-7,9H,8,17H2,1H3. The minimum Gasteiger partial charge on any atom is -0.497 e. The van der Waals surface area contributed by atoms with Crippen molar-refractivity contribution in [3.63, 3.8) is 0 Å². The molecule has 0 spiro atoms. The van der Waals surface area contributed by atoms with E-state index in [4.69, 9.17) is 10.5 Å². The maximum absolute atomic E-state index is 13.1. The van der Waals surface area contributed by atoms with Gasteiger partial charge < -0.3 is 10.5 Å². The van der Waals surface area contributed by atoms with E-state index in [1.807, 2.05) is 6.07 Å². The van der Waals surface area contributed by atoms with Crippen molar-refractivity contribution in [1.29, 1.82) is 0 Å². The molecule has 0 bridgehead atoms. The molecule has 0 heterocycles. The summed E-state index contributed by atoms with van der Waals surface area (Å²) in [7, 11) is 1.56. The molecule has 2 N–H and O–H groups in total. The third-order valence-electron chi connectivity index (χ3n) is 2.81. The van der Waals surface area contributed by atoms with Crippen LogP contribution in [0.3, 0.4) is 0 Å². The van der Waals surface area contributed by atoms with Gasteiger partial charge in [-0.1, -0.05) is 12.1 Å². The van der Waals surface area contributed by atoms with Gasteiger partial charge in [0.2, 0.25) is 0 Å². The van der Waals surface area contributed by atoms with Gasteiger partial charge in [-0.2, -0.15) is 0 Å². The van der Waals surface area contributed by atoms with Crippen LogP contribution in [-0.2, 0) is 6.42 Å². The lowest BCUT2D eigenvalue weighted by Crippen LogP contribution is -2.07. The summed E-state index contributed by atoms with van der Waals surface area (Å²) < 4.78 is 18.2. The van der Waals surface area contributed by atoms with Gasteiger partial charge in [0.25, 0.3) is 0 Å². The van der Waals surface area contributed by atoms with Crippen LogP contribution in [0, 0.1) is 5.82 Å². The quantitative estimate of drug-likeness (QED) is 0.678. The molecule has 2 rings (SSSR count). The smallest absolute Gasteiger partial charge is 0.169 e. The number of halogens is 1. The Labute approximate surface area is 110 Å². The van der Waals surface area contributed by atoms with Gasteiger partial charge in [-0.3, -0.25) is 4.79 Å². The fraction of sp³-hybridized carbons (Fsp3) is 0.133. The molecule has 0 unspecified atom stereocenters. The fourth-order valence-corrected chi connectivity index (χ4v) is 1.83. The zero-order valence-corrected chi connectivity index (χ0v) is 10.5. The summed E-state index contributed by atoms with van der Waals surface area (Å²) in [5.74, 6) is -0.00837. The van der Waals surface area contributed by atoms with Crippen LogP contribution >= 0.6 is 0 Å². The highest BCUT2D eigenvalue weighted by molar-refractivity contribution is 6.01. The van der Waals surface area contributed by atoms with Crippen molar-refractivity contribution in [3.8, 4) is 5.75 Å². The second kappa shape index (κ2) is 5.52. The van der Waals surface area contributed by atoms with Gasteiger partial charge in [-0.05, 0) is 35.9 Å². The average molecular weight is 259 g/mol. The molecule has 2 aromatic carbocycles. The molecule has 2 aromatic rings. The molecule has 0 aliphatic rings. The van der Waals surface area contributed by atoms with Gasteiger partial charge in [0.15, 0.2) is 5.78 Å². The first-order chi connectivity index (χ1) is 9.10. The second-order valence-corrected chi connectivity index (χ2v) is 4.18. The molecule has 0 fully saturated rings. The van der Waals surface area contributed by atoms with E-state index in [1.165, 1.54) is 12.1 Å². The van der Waals surface area contributed by atoms with Gasteiger partial charge in [-0.25, -0.2) is 4.39 Å². The van der Waals surface area contributed by atoms with E-state index in [9.17, 15) is 9.18 Å². The van der Waals surface area contributed by atoms with Crippen LogP contribution in [0.2, 0.25) is 0 Å². The van der Waals surface area contributed by atoms with E-state index in [0.717, 1.165) is 11.6 Å². The van der Waals surface area contributed by atoms with Crippen LogP contribution in [0.5, 0.6) is 5.75 Å². The van der Waals surface area contributed by atoms with Gasteiger partial charge in [0.05, 0.1) is 7.11 Å². The Balaban J connectivity index is 2.23. The summed E-state index contributed by atoms with van der Waals surface area (Å²) >= 11 is 0. The second-order valence-electron chi connectivity index (χ2n) is 4.18. The number of ether oxygens (including phenoxy) is 1. The summed E-state index contributed by atoms with van der Waals surface area (Å²) in [5, 5.41) is 0. The van der Waals surface area contributed by atoms with Gasteiger partial charge in [-0.15, -0.1) is 0 Å². The molecule has 0 atom stereocenters. The summed E-state index contributed by atoms with van der Waals surface area (Å²) in [6.45, 7) is 0. The Kier molecular flexibility index (Phi) is 3.80. The number of hydrogen-bond acceptors (Lipinski definition) is 3. The fourth-order valence-electron chi connectivity index (χ4n) is 1.83. The lowest BCUT2D eigenvalue weighted by molar-refractivity contribution is 0.0993. The first-order valence-corrected chi connectivity index (χ1v) is 5.81. The molecular formula is C15H14FNO2. The Morgan fingerprint density at radius 2 is 2.05 bits per heavy atom. The Morgan fingerprint density at radius 1 is 1.26 bits per heavy atom. The Bertz CT molecular complexity index is 611. The van der Waals surface area contributed by atoms with Crippen LogP contribution in [0.1, 0.15) is 15.9 Å². The summed E-state index contributed by atoms with van der Waals surface area (Å²) in [5.41, 5.74) is 6.98. The molecule has 0 aliphatic carbocycles. The number of nitrogens with two attached hydrogens (primary N) is 1. The predicted octanol–water partition coefficient (Wildman–Crippen LogP) is 2.84. The van der Waals surface area contributed by atoms with Gasteiger partial charge in [0, 0.05) is 17.7 Å². The monoisotopic (exact) mass is 259 g/mol. The SMILES string of the molecule is COc1cccc(CC(=O)c2cc(F)ccc2N)c1. The summed E-state index contributed by atoms with van der Waals surface area (Å²) in [4.78, 5) is 12.1. The van der Waals surface area contributed by atoms with Crippen molar-refractivity contribution >= 4 is 11.5 Å². The highest BCUT2D eigenvalue weighted by atomic mass is 19.1. The molecule has 0 radical (unpaired) electrons. The zero-order chi connectivity index (χ0) is 13.8. The van der Waals surface area contributed by atoms with Crippen LogP contribution in [-0.4, -0.2) is 12.9 Å². The van der Waals surface area contributed by atoms with Crippen LogP contribution in [0.25, 0.3) is 0 Å². The highest BCUT2D eigenvalue weighted by Crippen LogP contribution is 2.18. The van der Waals surface area contributed by atoms with Crippen molar-refractivity contribution in [2.45, 2.75) is 6.42 Å². The highest BCUT2D eigenvalue weighted by Gasteiger charge is 2.12. The molecule has 4 heteroatoms. The minimum atomic E-state index is -0.469. The number of benzene rings is 2. The third-order valence-corrected chi connectivity index (χ3v) is 2.81. The summed E-state index contributed by atoms with van der Waals surface area (Å²) in [6.07, 6.45) is 0.158. The maximum atomic E-state index is 13.1. The topological polar surface area (TPSA) is 52.3 Å². The number of nitrogen functional groups attached to an aromatic ring is 1. The predicted molar refractivity (Wildman–Crippen MR) is 71.8 cm³/mol. The van der Waals surface area contributed by atoms with E-state index in [2.05, 4.69) is 0 Å². The molecule has 0 aromatic heterocycles. The Morgan fingerprint density at radius 3 is 2.79 bits per heavy atom. The van der Waals surface area contributed by atoms with E-state index in [1.54, 1.807) is 25.3 Å². The molecule has 3 nitrogen and oxygen atoms in total. The van der Waals surface area contributed by atoms with Crippen molar-refractivity contribution < 1.29 is 13.9 Å². The summed E-state index contributed by atoms with van der Waals surface area (Å²) in [6, 6.07) is 11.0. The average Bonchev–Trinajstić information content (AvgIpc) is 2.41. The van der Waals surface area contributed by atoms with Crippen LogP contribution < -0.4 is 10.5 Å². The normalized spacial score (nSPS) is 10.2. The molecule has 19 heavy (non-hydrogen) atoms. The van der Waals surface area contributed by atoms with Crippen molar-refractivity contribution in [2.75, 3.05) is 12.8 Å². The molecule has 0 saturated carbocycles. The zero-order valence-electron chi connectivity index (χ0n) is 10.5. The molecule has 0 saturated heterocycles. The first-order valence-electron chi connectivity index (χ1n) is 5.81. The molecule has 0 amide bonds. The van der Waals surface area contributed by atoms with E-state index < -0.39 is 5.82 Å². The van der Waals surface area contributed by atoms with E-state index >= 15 is 0 Å². The lowest BCUT2D eigenvalue weighted by Gasteiger charge is -2.06. The minimum absolute atomic E-state index is 0.158. The van der Waals surface area contributed by atoms with Crippen molar-refractivity contribution in [1.82, 2.24) is 0 Å².